The number of hydrogen-bond acceptors (Lipinski definition) is 2. The molecule has 5 aliphatic carbocycles. The number of unbranched alkanes of at least 4 members (excludes halogenated alkanes) is 1. The summed E-state index contributed by atoms with van der Waals surface area (Å²) in [6.45, 7) is 2.70. The summed E-state index contributed by atoms with van der Waals surface area (Å²) in [6.07, 6.45) is 6.74. The molecular formula is C55H34O2. The molecular weight excluding hydrogens is 693 g/mol. The van der Waals surface area contributed by atoms with E-state index in [1.54, 1.807) is 86.9 Å². The Morgan fingerprint density at radius 2 is 0.965 bits per heavy atom. The Morgan fingerprint density at radius 3 is 1.46 bits per heavy atom. The lowest BCUT2D eigenvalue weighted by atomic mass is 9.62. The molecule has 0 heterocycles. The Bertz CT molecular complexity index is 3780. The van der Waals surface area contributed by atoms with Crippen molar-refractivity contribution >= 4 is 124 Å². The van der Waals surface area contributed by atoms with E-state index in [0.29, 0.717) is 24.9 Å². The molecule has 5 aliphatic rings. The second kappa shape index (κ2) is 7.90. The summed E-state index contributed by atoms with van der Waals surface area (Å²) in [5, 5.41) is 34.0. The van der Waals surface area contributed by atoms with Crippen LogP contribution in [-0.2, 0) is 25.8 Å². The van der Waals surface area contributed by atoms with Gasteiger partial charge in [0.2, 0.25) is 0 Å². The fourth-order valence-electron chi connectivity index (χ4n) is 17.7. The largest absolute Gasteiger partial charge is 0.466 e. The molecule has 4 unspecified atom stereocenters. The van der Waals surface area contributed by atoms with Crippen LogP contribution < -0.4 is 0 Å². The lowest BCUT2D eigenvalue weighted by molar-refractivity contribution is -0.143. The lowest BCUT2D eigenvalue weighted by Gasteiger charge is -2.39. The maximum Gasteiger partial charge on any atom is 0.305 e. The van der Waals surface area contributed by atoms with Gasteiger partial charge in [-0.2, -0.15) is 0 Å². The zero-order valence-electron chi connectivity index (χ0n) is 31.6. The van der Waals surface area contributed by atoms with Crippen LogP contribution in [0.25, 0.3) is 118 Å². The van der Waals surface area contributed by atoms with Crippen LogP contribution >= 0.6 is 0 Å². The van der Waals surface area contributed by atoms with E-state index in [0.717, 1.165) is 25.7 Å². The fourth-order valence-corrected chi connectivity index (χ4v) is 17.7. The Morgan fingerprint density at radius 1 is 0.526 bits per heavy atom. The Kier molecular flexibility index (Phi) is 3.85. The molecule has 2 fully saturated rings. The van der Waals surface area contributed by atoms with Crippen molar-refractivity contribution in [3.8, 4) is 0 Å². The summed E-state index contributed by atoms with van der Waals surface area (Å²) in [5.41, 5.74) is 7.91. The minimum absolute atomic E-state index is 0.0210. The van der Waals surface area contributed by atoms with Crippen LogP contribution in [0.2, 0.25) is 0 Å². The molecule has 18 rings (SSSR count). The normalized spacial score (nSPS) is 26.9. The molecule has 2 heteroatoms. The highest BCUT2D eigenvalue weighted by Crippen LogP contribution is 2.97. The summed E-state index contributed by atoms with van der Waals surface area (Å²) in [6, 6.07) is 32.1. The van der Waals surface area contributed by atoms with E-state index in [-0.39, 0.29) is 22.2 Å². The van der Waals surface area contributed by atoms with Crippen molar-refractivity contribution in [1.29, 1.82) is 0 Å². The lowest BCUT2D eigenvalue weighted by Crippen LogP contribution is -2.34. The summed E-state index contributed by atoms with van der Waals surface area (Å²) in [5.74, 6) is 0.863. The van der Waals surface area contributed by atoms with Gasteiger partial charge < -0.3 is 4.74 Å². The van der Waals surface area contributed by atoms with Gasteiger partial charge >= 0.3 is 5.97 Å². The third-order valence-electron chi connectivity index (χ3n) is 18.5. The zero-order chi connectivity index (χ0) is 36.4. The Balaban J connectivity index is 1.12. The third kappa shape index (κ3) is 2.13. The molecule has 0 saturated heterocycles. The molecule has 0 amide bonds. The number of benzene rings is 9. The van der Waals surface area contributed by atoms with Crippen molar-refractivity contribution in [3.63, 3.8) is 0 Å². The van der Waals surface area contributed by atoms with Crippen molar-refractivity contribution in [2.45, 2.75) is 80.0 Å². The van der Waals surface area contributed by atoms with E-state index < -0.39 is 0 Å². The Hall–Kier alpha value is -5.73. The maximum absolute atomic E-state index is 13.5. The van der Waals surface area contributed by atoms with Crippen LogP contribution in [0.4, 0.5) is 0 Å². The first-order valence-corrected chi connectivity index (χ1v) is 21.9. The quantitative estimate of drug-likeness (QED) is 0.0885. The van der Waals surface area contributed by atoms with Crippen LogP contribution in [0, 0.1) is 0 Å². The van der Waals surface area contributed by atoms with Crippen molar-refractivity contribution in [3.05, 3.63) is 107 Å². The van der Waals surface area contributed by atoms with Gasteiger partial charge in [0.1, 0.15) is 0 Å². The predicted octanol–water partition coefficient (Wildman–Crippen LogP) is 13.8. The van der Waals surface area contributed by atoms with Gasteiger partial charge in [0.05, 0.1) is 6.61 Å². The van der Waals surface area contributed by atoms with Crippen LogP contribution in [0.15, 0.2) is 78.9 Å². The molecule has 13 aromatic rings. The smallest absolute Gasteiger partial charge is 0.305 e. The first-order chi connectivity index (χ1) is 28.2. The predicted molar refractivity (Wildman–Crippen MR) is 234 cm³/mol. The van der Waals surface area contributed by atoms with Gasteiger partial charge in [-0.3, -0.25) is 4.79 Å². The van der Waals surface area contributed by atoms with E-state index in [4.69, 9.17) is 4.74 Å². The van der Waals surface area contributed by atoms with Gasteiger partial charge in [0.25, 0.3) is 0 Å². The van der Waals surface area contributed by atoms with Crippen LogP contribution in [0.5, 0.6) is 0 Å². The standard InChI is InChI=1S/C55H34O2/c1-2-3-22-57-34(56)10-7-21-53(23-8-5-4-6-9-23)54-32-19-20-33-31-18-16-29-27-14-12-25-24-11-13-26-28-15-17-30(32)41-39(28)44-37(26)35(24)43-36(25)38(27)45-40(29)42(31)52(55(33,53)54)50-48(45)46(43)47(44)49(50)51(41)54/h4-6,8-9,11-18,32-33H,2-3,7,10,19-22H2,1H3. The van der Waals surface area contributed by atoms with E-state index >= 15 is 0 Å². The van der Waals surface area contributed by atoms with Gasteiger partial charge in [-0.05, 0) is 190 Å². The molecule has 2 nitrogen and oxygen atoms in total. The number of hydrogen-bond donors (Lipinski definition) is 0. The zero-order valence-corrected chi connectivity index (χ0v) is 31.6. The van der Waals surface area contributed by atoms with Gasteiger partial charge in [-0.15, -0.1) is 0 Å². The van der Waals surface area contributed by atoms with Gasteiger partial charge in [-0.25, -0.2) is 0 Å². The van der Waals surface area contributed by atoms with Gasteiger partial charge in [-0.1, -0.05) is 92.2 Å². The molecule has 266 valence electrons. The van der Waals surface area contributed by atoms with Crippen LogP contribution in [0.3, 0.4) is 0 Å². The Labute approximate surface area is 326 Å². The van der Waals surface area contributed by atoms with Crippen molar-refractivity contribution in [2.24, 2.45) is 0 Å². The van der Waals surface area contributed by atoms with E-state index in [9.17, 15) is 4.79 Å². The highest BCUT2D eigenvalue weighted by molar-refractivity contribution is 6.64. The molecule has 57 heavy (non-hydrogen) atoms. The molecule has 0 aromatic heterocycles. The fraction of sp³-hybridized carbons (Fsp3) is 0.255. The van der Waals surface area contributed by atoms with E-state index in [2.05, 4.69) is 85.8 Å². The summed E-state index contributed by atoms with van der Waals surface area (Å²) in [7, 11) is 0. The second-order valence-corrected chi connectivity index (χ2v) is 19.5. The minimum Gasteiger partial charge on any atom is -0.466 e. The van der Waals surface area contributed by atoms with E-state index in [1.807, 2.05) is 0 Å². The summed E-state index contributed by atoms with van der Waals surface area (Å²) in [4.78, 5) is 13.5. The molecule has 2 saturated carbocycles. The molecule has 0 N–H and O–H groups in total. The number of rotatable bonds is 8. The molecule has 0 radical (unpaired) electrons. The van der Waals surface area contributed by atoms with Crippen LogP contribution in [0.1, 0.15) is 91.5 Å². The minimum atomic E-state index is -0.142. The average molecular weight is 727 g/mol. The summed E-state index contributed by atoms with van der Waals surface area (Å²) >= 11 is 0. The third-order valence-corrected chi connectivity index (χ3v) is 18.5. The first kappa shape index (κ1) is 27.8. The van der Waals surface area contributed by atoms with Gasteiger partial charge in [0.15, 0.2) is 0 Å². The molecule has 2 spiro atoms. The number of fused-ring (bicyclic) bond motifs is 5. The second-order valence-electron chi connectivity index (χ2n) is 19.5. The SMILES string of the molecule is CCCCOC(=O)CCCC1(c2ccccc2)C23c4c5c6ccc7c8ccc9c%10ccc%11c%12ccc%13c%14c(c%15c4c4c(c57)c8c9c5c%10c%11c(c%14%12)c%15c45)C12C%13CCC63. The molecule has 0 bridgehead atoms. The first-order valence-electron chi connectivity index (χ1n) is 21.9. The van der Waals surface area contributed by atoms with Gasteiger partial charge in [0, 0.05) is 22.7 Å². The molecule has 13 aromatic carbocycles. The number of carbonyl (C=O) groups is 1. The topological polar surface area (TPSA) is 26.3 Å². The highest BCUT2D eigenvalue weighted by atomic mass is 16.5. The van der Waals surface area contributed by atoms with Crippen molar-refractivity contribution in [1.82, 2.24) is 0 Å². The number of carbonyl (C=O) groups excluding carboxylic acids is 1. The molecule has 4 atom stereocenters. The number of ether oxygens (including phenoxy) is 1. The molecule has 0 aliphatic heterocycles. The monoisotopic (exact) mass is 726 g/mol. The van der Waals surface area contributed by atoms with Crippen molar-refractivity contribution < 1.29 is 9.53 Å². The average Bonchev–Trinajstić information content (AvgIpc) is 3.89. The highest BCUT2D eigenvalue weighted by Gasteiger charge is 2.95. The number of esters is 1. The maximum atomic E-state index is 13.5. The van der Waals surface area contributed by atoms with Crippen LogP contribution in [-0.4, -0.2) is 12.6 Å². The van der Waals surface area contributed by atoms with E-state index in [1.165, 1.54) is 72.3 Å². The van der Waals surface area contributed by atoms with Crippen molar-refractivity contribution in [2.75, 3.05) is 6.61 Å². The summed E-state index contributed by atoms with van der Waals surface area (Å²) < 4.78 is 5.85.